The topological polar surface area (TPSA) is 30.7 Å². The molecule has 0 aliphatic heterocycles. The lowest BCUT2D eigenvalue weighted by molar-refractivity contribution is 0.336. The van der Waals surface area contributed by atoms with Crippen molar-refractivity contribution in [3.63, 3.8) is 0 Å². The smallest absolute Gasteiger partial charge is 0.191 e. The van der Waals surface area contributed by atoms with Gasteiger partial charge in [-0.25, -0.2) is 0 Å². The van der Waals surface area contributed by atoms with Gasteiger partial charge in [-0.1, -0.05) is 78.0 Å². The summed E-state index contributed by atoms with van der Waals surface area (Å²) in [5, 5.41) is 9.94. The molecule has 1 aromatic heterocycles. The van der Waals surface area contributed by atoms with Crippen LogP contribution in [-0.4, -0.2) is 14.8 Å². The van der Waals surface area contributed by atoms with Crippen molar-refractivity contribution < 1.29 is 0 Å². The van der Waals surface area contributed by atoms with Gasteiger partial charge in [0.15, 0.2) is 5.16 Å². The van der Waals surface area contributed by atoms with Gasteiger partial charge in [0, 0.05) is 23.2 Å². The van der Waals surface area contributed by atoms with E-state index in [0.717, 1.165) is 40.1 Å². The lowest BCUT2D eigenvalue weighted by Crippen LogP contribution is -2.10. The number of allylic oxidation sites excluding steroid dienone is 1. The van der Waals surface area contributed by atoms with Gasteiger partial charge in [0.25, 0.3) is 0 Å². The zero-order chi connectivity index (χ0) is 17.5. The lowest BCUT2D eigenvalue weighted by atomic mass is 9.86. The predicted octanol–water partition coefficient (Wildman–Crippen LogP) is 6.03. The summed E-state index contributed by atoms with van der Waals surface area (Å²) >= 11 is 5.29. The van der Waals surface area contributed by atoms with Crippen molar-refractivity contribution in [1.82, 2.24) is 14.8 Å². The van der Waals surface area contributed by atoms with Crippen molar-refractivity contribution in [3.05, 3.63) is 52.8 Å². The van der Waals surface area contributed by atoms with Crippen LogP contribution in [-0.2, 0) is 18.7 Å². The van der Waals surface area contributed by atoms with E-state index < -0.39 is 0 Å². The summed E-state index contributed by atoms with van der Waals surface area (Å²) < 4.78 is 3.35. The minimum absolute atomic E-state index is 0.786. The summed E-state index contributed by atoms with van der Waals surface area (Å²) in [6.07, 6.45) is 11.2. The molecule has 134 valence electrons. The Morgan fingerprint density at radius 3 is 2.84 bits per heavy atom. The molecule has 5 heteroatoms. The first-order chi connectivity index (χ1) is 12.3. The molecule has 0 bridgehead atoms. The van der Waals surface area contributed by atoms with Crippen LogP contribution in [0.15, 0.2) is 46.5 Å². The van der Waals surface area contributed by atoms with Gasteiger partial charge in [0.2, 0.25) is 0 Å². The molecule has 1 saturated carbocycles. The molecule has 0 unspecified atom stereocenters. The molecule has 1 aromatic carbocycles. The molecular formula is C20H26BrN3S. The maximum Gasteiger partial charge on any atom is 0.191 e. The second-order valence-corrected chi connectivity index (χ2v) is 8.62. The number of thioether (sulfide) groups is 1. The molecular weight excluding hydrogens is 394 g/mol. The quantitative estimate of drug-likeness (QED) is 0.386. The highest BCUT2D eigenvalue weighted by Crippen LogP contribution is 2.28. The van der Waals surface area contributed by atoms with Crippen LogP contribution in [0.3, 0.4) is 0 Å². The Morgan fingerprint density at radius 2 is 2.08 bits per heavy atom. The SMILES string of the molecule is C=CCn1c(CCC2CCCCC2)nnc1SCc1cccc(Br)c1. The van der Waals surface area contributed by atoms with Crippen molar-refractivity contribution in [2.24, 2.45) is 5.92 Å². The number of halogens is 1. The van der Waals surface area contributed by atoms with Crippen LogP contribution in [0.1, 0.15) is 49.9 Å². The Morgan fingerprint density at radius 1 is 1.24 bits per heavy atom. The maximum atomic E-state index is 4.48. The fourth-order valence-electron chi connectivity index (χ4n) is 3.51. The van der Waals surface area contributed by atoms with E-state index in [1.807, 2.05) is 6.08 Å². The van der Waals surface area contributed by atoms with Gasteiger partial charge in [-0.05, 0) is 30.0 Å². The molecule has 0 saturated heterocycles. The fourth-order valence-corrected chi connectivity index (χ4v) is 4.86. The van der Waals surface area contributed by atoms with Crippen molar-refractivity contribution >= 4 is 27.7 Å². The van der Waals surface area contributed by atoms with Gasteiger partial charge in [-0.3, -0.25) is 0 Å². The highest BCUT2D eigenvalue weighted by molar-refractivity contribution is 9.10. The number of aryl methyl sites for hydroxylation is 1. The minimum Gasteiger partial charge on any atom is -0.302 e. The van der Waals surface area contributed by atoms with Crippen LogP contribution in [0.25, 0.3) is 0 Å². The first kappa shape index (κ1) is 18.7. The average Bonchev–Trinajstić information content (AvgIpc) is 3.01. The Balaban J connectivity index is 1.62. The lowest BCUT2D eigenvalue weighted by Gasteiger charge is -2.21. The number of nitrogens with zero attached hydrogens (tertiary/aromatic N) is 3. The summed E-state index contributed by atoms with van der Waals surface area (Å²) in [6.45, 7) is 4.69. The van der Waals surface area contributed by atoms with E-state index in [4.69, 9.17) is 0 Å². The number of rotatable bonds is 8. The van der Waals surface area contributed by atoms with Crippen LogP contribution in [0.5, 0.6) is 0 Å². The molecule has 2 aromatic rings. The van der Waals surface area contributed by atoms with E-state index in [2.05, 4.69) is 61.5 Å². The van der Waals surface area contributed by atoms with Crippen molar-refractivity contribution in [3.8, 4) is 0 Å². The maximum absolute atomic E-state index is 4.48. The Labute approximate surface area is 163 Å². The van der Waals surface area contributed by atoms with Crippen LogP contribution < -0.4 is 0 Å². The highest BCUT2D eigenvalue weighted by Gasteiger charge is 2.17. The molecule has 1 aliphatic carbocycles. The summed E-state index contributed by atoms with van der Waals surface area (Å²) in [7, 11) is 0. The molecule has 1 fully saturated rings. The Hall–Kier alpha value is -1.07. The number of hydrogen-bond acceptors (Lipinski definition) is 3. The first-order valence-electron chi connectivity index (χ1n) is 9.16. The molecule has 1 aliphatic rings. The van der Waals surface area contributed by atoms with E-state index in [1.165, 1.54) is 44.1 Å². The zero-order valence-corrected chi connectivity index (χ0v) is 17.1. The molecule has 3 rings (SSSR count). The number of benzene rings is 1. The molecule has 3 nitrogen and oxygen atoms in total. The summed E-state index contributed by atoms with van der Waals surface area (Å²) in [5.41, 5.74) is 1.29. The highest BCUT2D eigenvalue weighted by atomic mass is 79.9. The first-order valence-corrected chi connectivity index (χ1v) is 10.9. The largest absolute Gasteiger partial charge is 0.302 e. The van der Waals surface area contributed by atoms with Crippen molar-refractivity contribution in [2.45, 2.75) is 62.4 Å². The van der Waals surface area contributed by atoms with Crippen LogP contribution >= 0.6 is 27.7 Å². The fraction of sp³-hybridized carbons (Fsp3) is 0.500. The van der Waals surface area contributed by atoms with E-state index in [9.17, 15) is 0 Å². The van der Waals surface area contributed by atoms with Crippen molar-refractivity contribution in [2.75, 3.05) is 0 Å². The Kier molecular flexibility index (Phi) is 7.17. The van der Waals surface area contributed by atoms with E-state index in [-0.39, 0.29) is 0 Å². The standard InChI is InChI=1S/C20H26BrN3S/c1-2-13-24-19(12-11-16-7-4-3-5-8-16)22-23-20(24)25-15-17-9-6-10-18(21)14-17/h2,6,9-10,14,16H,1,3-5,7-8,11-13,15H2. The predicted molar refractivity (Wildman–Crippen MR) is 109 cm³/mol. The number of aromatic nitrogens is 3. The van der Waals surface area contributed by atoms with Gasteiger partial charge >= 0.3 is 0 Å². The third-order valence-electron chi connectivity index (χ3n) is 4.86. The third kappa shape index (κ3) is 5.45. The van der Waals surface area contributed by atoms with E-state index in [1.54, 1.807) is 11.8 Å². The van der Waals surface area contributed by atoms with Gasteiger partial charge in [0.1, 0.15) is 5.82 Å². The normalized spacial score (nSPS) is 15.4. The summed E-state index contributed by atoms with van der Waals surface area (Å²) in [5.74, 6) is 2.89. The average molecular weight is 420 g/mol. The Bertz CT molecular complexity index is 692. The van der Waals surface area contributed by atoms with Gasteiger partial charge in [-0.15, -0.1) is 16.8 Å². The molecule has 0 atom stereocenters. The van der Waals surface area contributed by atoms with Crippen molar-refractivity contribution in [1.29, 1.82) is 0 Å². The molecule has 1 heterocycles. The molecule has 0 radical (unpaired) electrons. The van der Waals surface area contributed by atoms with E-state index in [0.29, 0.717) is 0 Å². The van der Waals surface area contributed by atoms with Gasteiger partial charge in [-0.2, -0.15) is 0 Å². The number of hydrogen-bond donors (Lipinski definition) is 0. The van der Waals surface area contributed by atoms with Crippen LogP contribution in [0, 0.1) is 5.92 Å². The summed E-state index contributed by atoms with van der Waals surface area (Å²) in [6, 6.07) is 8.43. The minimum atomic E-state index is 0.786. The van der Waals surface area contributed by atoms with E-state index >= 15 is 0 Å². The third-order valence-corrected chi connectivity index (χ3v) is 6.39. The molecule has 0 spiro atoms. The monoisotopic (exact) mass is 419 g/mol. The van der Waals surface area contributed by atoms with Gasteiger partial charge < -0.3 is 4.57 Å². The second-order valence-electron chi connectivity index (χ2n) is 6.76. The second kappa shape index (κ2) is 9.58. The summed E-state index contributed by atoms with van der Waals surface area (Å²) in [4.78, 5) is 0. The van der Waals surface area contributed by atoms with Crippen LogP contribution in [0.4, 0.5) is 0 Å². The molecule has 25 heavy (non-hydrogen) atoms. The zero-order valence-electron chi connectivity index (χ0n) is 14.7. The molecule has 0 amide bonds. The molecule has 0 N–H and O–H groups in total. The van der Waals surface area contributed by atoms with Gasteiger partial charge in [0.05, 0.1) is 0 Å². The van der Waals surface area contributed by atoms with Crippen LogP contribution in [0.2, 0.25) is 0 Å².